The summed E-state index contributed by atoms with van der Waals surface area (Å²) in [5.74, 6) is 1.28. The Morgan fingerprint density at radius 2 is 1.92 bits per heavy atom. The van der Waals surface area contributed by atoms with E-state index in [1.165, 1.54) is 75.3 Å². The fraction of sp³-hybridized carbons (Fsp3) is 0.615. The molecule has 1 atom stereocenters. The molecule has 0 heteroatoms. The number of benzene rings is 1. The first kappa shape index (κ1) is 21.0. The predicted octanol–water partition coefficient (Wildman–Crippen LogP) is 8.25. The summed E-state index contributed by atoms with van der Waals surface area (Å²) in [5, 5.41) is 0. The fourth-order valence-electron chi connectivity index (χ4n) is 4.45. The molecular weight excluding hydrogens is 312 g/mol. The van der Waals surface area contributed by atoms with Crippen molar-refractivity contribution in [3.63, 3.8) is 0 Å². The Morgan fingerprint density at radius 1 is 1.15 bits per heavy atom. The Kier molecular flexibility index (Phi) is 8.69. The molecule has 0 saturated heterocycles. The molecule has 26 heavy (non-hydrogen) atoms. The van der Waals surface area contributed by atoms with Gasteiger partial charge < -0.3 is 0 Å². The Morgan fingerprint density at radius 3 is 2.58 bits per heavy atom. The lowest BCUT2D eigenvalue weighted by Gasteiger charge is -2.26. The van der Waals surface area contributed by atoms with E-state index < -0.39 is 0 Å². The summed E-state index contributed by atoms with van der Waals surface area (Å²) < 4.78 is 0. The van der Waals surface area contributed by atoms with Crippen molar-refractivity contribution < 1.29 is 0 Å². The average molecular weight is 353 g/mol. The molecule has 0 heterocycles. The molecule has 1 aliphatic carbocycles. The van der Waals surface area contributed by atoms with Crippen LogP contribution in [0.1, 0.15) is 107 Å². The molecule has 144 valence electrons. The van der Waals surface area contributed by atoms with Crippen molar-refractivity contribution in [2.24, 2.45) is 5.92 Å². The lowest BCUT2D eigenvalue weighted by Crippen LogP contribution is -2.10. The third kappa shape index (κ3) is 6.15. The molecule has 0 amide bonds. The average Bonchev–Trinajstić information content (AvgIpc) is 2.60. The number of hydrogen-bond donors (Lipinski definition) is 0. The van der Waals surface area contributed by atoms with Crippen LogP contribution >= 0.6 is 0 Å². The summed E-state index contributed by atoms with van der Waals surface area (Å²) in [5.41, 5.74) is 7.63. The van der Waals surface area contributed by atoms with Crippen LogP contribution < -0.4 is 0 Å². The zero-order valence-corrected chi connectivity index (χ0v) is 17.7. The zero-order valence-electron chi connectivity index (χ0n) is 17.7. The summed E-state index contributed by atoms with van der Waals surface area (Å²) in [6.07, 6.45) is 17.7. The Balaban J connectivity index is 2.27. The van der Waals surface area contributed by atoms with Crippen LogP contribution in [0, 0.1) is 5.92 Å². The smallest absolute Gasteiger partial charge is 0.00293 e. The molecule has 1 aromatic rings. The lowest BCUT2D eigenvalue weighted by molar-refractivity contribution is 0.605. The van der Waals surface area contributed by atoms with E-state index in [0.717, 1.165) is 0 Å². The minimum atomic E-state index is 0.587. The standard InChI is InChI=1S/C26H40/c1-6-8-9-10-11-14-22-18-23(7-2)26(25(19-22)16-20(3)4)24-15-12-13-21(5)17-24/h7,17-20,24H,2,6,8-16H2,1,3-5H3. The molecule has 0 saturated carbocycles. The second-order valence-electron chi connectivity index (χ2n) is 8.74. The molecule has 0 spiro atoms. The number of allylic oxidation sites excluding steroid dienone is 2. The van der Waals surface area contributed by atoms with Gasteiger partial charge in [-0.2, -0.15) is 0 Å². The first-order valence-corrected chi connectivity index (χ1v) is 11.0. The summed E-state index contributed by atoms with van der Waals surface area (Å²) in [4.78, 5) is 0. The fourth-order valence-corrected chi connectivity index (χ4v) is 4.45. The van der Waals surface area contributed by atoms with Gasteiger partial charge in [0.15, 0.2) is 0 Å². The molecule has 0 fully saturated rings. The highest BCUT2D eigenvalue weighted by atomic mass is 14.2. The number of aryl methyl sites for hydroxylation is 1. The van der Waals surface area contributed by atoms with E-state index in [0.29, 0.717) is 11.8 Å². The first-order valence-electron chi connectivity index (χ1n) is 11.0. The molecule has 1 aromatic carbocycles. The largest absolute Gasteiger partial charge is 0.0985 e. The van der Waals surface area contributed by atoms with Gasteiger partial charge in [0.2, 0.25) is 0 Å². The molecule has 2 rings (SSSR count). The van der Waals surface area contributed by atoms with E-state index in [1.807, 2.05) is 0 Å². The quantitative estimate of drug-likeness (QED) is 0.294. The highest BCUT2D eigenvalue weighted by Crippen LogP contribution is 2.37. The van der Waals surface area contributed by atoms with Crippen molar-refractivity contribution in [1.82, 2.24) is 0 Å². The summed E-state index contributed by atoms with van der Waals surface area (Å²) in [6, 6.07) is 4.96. The van der Waals surface area contributed by atoms with Crippen molar-refractivity contribution in [3.05, 3.63) is 52.6 Å². The van der Waals surface area contributed by atoms with Crippen LogP contribution in [-0.2, 0) is 12.8 Å². The zero-order chi connectivity index (χ0) is 18.9. The number of unbranched alkanes of at least 4 members (excludes halogenated alkanes) is 4. The van der Waals surface area contributed by atoms with Crippen molar-refractivity contribution in [3.8, 4) is 0 Å². The molecule has 0 aromatic heterocycles. The van der Waals surface area contributed by atoms with E-state index >= 15 is 0 Å². The van der Waals surface area contributed by atoms with E-state index in [9.17, 15) is 0 Å². The van der Waals surface area contributed by atoms with Crippen molar-refractivity contribution in [1.29, 1.82) is 0 Å². The maximum atomic E-state index is 4.17. The van der Waals surface area contributed by atoms with Gasteiger partial charge in [-0.3, -0.25) is 0 Å². The molecule has 1 unspecified atom stereocenters. The third-order valence-electron chi connectivity index (χ3n) is 5.72. The maximum absolute atomic E-state index is 4.17. The molecule has 0 aliphatic heterocycles. The van der Waals surface area contributed by atoms with Crippen LogP contribution in [0.25, 0.3) is 6.08 Å². The molecular formula is C26H40. The van der Waals surface area contributed by atoms with Gasteiger partial charge in [-0.15, -0.1) is 0 Å². The van der Waals surface area contributed by atoms with E-state index in [2.05, 4.69) is 58.6 Å². The van der Waals surface area contributed by atoms with Gasteiger partial charge in [-0.25, -0.2) is 0 Å². The van der Waals surface area contributed by atoms with E-state index in [1.54, 1.807) is 16.7 Å². The molecule has 1 aliphatic rings. The summed E-state index contributed by atoms with van der Waals surface area (Å²) in [6.45, 7) is 13.4. The molecule has 0 N–H and O–H groups in total. The maximum Gasteiger partial charge on any atom is 0.00293 e. The normalized spacial score (nSPS) is 17.4. The van der Waals surface area contributed by atoms with Gasteiger partial charge in [0.1, 0.15) is 0 Å². The van der Waals surface area contributed by atoms with Crippen LogP contribution in [0.2, 0.25) is 0 Å². The second-order valence-corrected chi connectivity index (χ2v) is 8.74. The van der Waals surface area contributed by atoms with Crippen LogP contribution in [0.4, 0.5) is 0 Å². The third-order valence-corrected chi connectivity index (χ3v) is 5.72. The van der Waals surface area contributed by atoms with Crippen molar-refractivity contribution >= 4 is 6.08 Å². The van der Waals surface area contributed by atoms with Crippen LogP contribution in [0.3, 0.4) is 0 Å². The predicted molar refractivity (Wildman–Crippen MR) is 118 cm³/mol. The second kappa shape index (κ2) is 10.8. The summed E-state index contributed by atoms with van der Waals surface area (Å²) in [7, 11) is 0. The molecule has 0 bridgehead atoms. The van der Waals surface area contributed by atoms with Gasteiger partial charge in [0.25, 0.3) is 0 Å². The van der Waals surface area contributed by atoms with Gasteiger partial charge in [-0.05, 0) is 73.6 Å². The highest BCUT2D eigenvalue weighted by molar-refractivity contribution is 5.58. The van der Waals surface area contributed by atoms with Crippen LogP contribution in [0.15, 0.2) is 30.4 Å². The first-order chi connectivity index (χ1) is 12.5. The van der Waals surface area contributed by atoms with Crippen molar-refractivity contribution in [2.45, 2.75) is 97.8 Å². The minimum absolute atomic E-state index is 0.587. The van der Waals surface area contributed by atoms with E-state index in [-0.39, 0.29) is 0 Å². The van der Waals surface area contributed by atoms with Gasteiger partial charge in [0.05, 0.1) is 0 Å². The number of rotatable bonds is 10. The van der Waals surface area contributed by atoms with Crippen LogP contribution in [-0.4, -0.2) is 0 Å². The Labute approximate surface area is 162 Å². The van der Waals surface area contributed by atoms with Gasteiger partial charge in [0, 0.05) is 5.92 Å². The molecule has 0 radical (unpaired) electrons. The summed E-state index contributed by atoms with van der Waals surface area (Å²) >= 11 is 0. The SMILES string of the molecule is C=Cc1cc(CCCCCCC)cc(CC(C)C)c1C1C=C(C)CCC1. The topological polar surface area (TPSA) is 0 Å². The highest BCUT2D eigenvalue weighted by Gasteiger charge is 2.20. The van der Waals surface area contributed by atoms with E-state index in [4.69, 9.17) is 0 Å². The molecule has 0 nitrogen and oxygen atoms in total. The van der Waals surface area contributed by atoms with Gasteiger partial charge >= 0.3 is 0 Å². The Hall–Kier alpha value is -1.30. The Bertz CT molecular complexity index is 603. The van der Waals surface area contributed by atoms with Crippen LogP contribution in [0.5, 0.6) is 0 Å². The monoisotopic (exact) mass is 352 g/mol. The van der Waals surface area contributed by atoms with Gasteiger partial charge in [-0.1, -0.05) is 82.9 Å². The lowest BCUT2D eigenvalue weighted by atomic mass is 9.79. The number of hydrogen-bond acceptors (Lipinski definition) is 0. The minimum Gasteiger partial charge on any atom is -0.0985 e. The van der Waals surface area contributed by atoms with Crippen molar-refractivity contribution in [2.75, 3.05) is 0 Å².